The van der Waals surface area contributed by atoms with Crippen molar-refractivity contribution < 1.29 is 0 Å². The van der Waals surface area contributed by atoms with Crippen LogP contribution in [-0.2, 0) is 7.05 Å². The normalized spacial score (nSPS) is 13.2. The molecule has 0 bridgehead atoms. The summed E-state index contributed by atoms with van der Waals surface area (Å²) in [5.74, 6) is 1.15. The molecule has 0 aliphatic rings. The fourth-order valence-electron chi connectivity index (χ4n) is 2.21. The Morgan fingerprint density at radius 1 is 1.33 bits per heavy atom. The molecule has 4 heteroatoms. The second kappa shape index (κ2) is 8.27. The van der Waals surface area contributed by atoms with Crippen molar-refractivity contribution in [1.29, 1.82) is 0 Å². The largest absolute Gasteiger partial charge is 0.337 e. The molecule has 104 valence electrons. The highest BCUT2D eigenvalue weighted by molar-refractivity contribution is 4.98. The van der Waals surface area contributed by atoms with Crippen molar-refractivity contribution in [3.63, 3.8) is 0 Å². The molecule has 18 heavy (non-hydrogen) atoms. The van der Waals surface area contributed by atoms with Gasteiger partial charge in [0.25, 0.3) is 0 Å². The van der Waals surface area contributed by atoms with E-state index < -0.39 is 0 Å². The van der Waals surface area contributed by atoms with E-state index in [0.717, 1.165) is 44.8 Å². The van der Waals surface area contributed by atoms with Gasteiger partial charge in [-0.25, -0.2) is 4.98 Å². The first-order valence-electron chi connectivity index (χ1n) is 7.15. The highest BCUT2D eigenvalue weighted by Gasteiger charge is 2.15. The molecule has 1 atom stereocenters. The Bertz CT molecular complexity index is 317. The number of hydrogen-bond acceptors (Lipinski definition) is 3. The lowest BCUT2D eigenvalue weighted by molar-refractivity contribution is 0.278. The first-order valence-corrected chi connectivity index (χ1v) is 7.15. The van der Waals surface area contributed by atoms with Crippen LogP contribution < -0.4 is 5.32 Å². The molecule has 0 aromatic carbocycles. The predicted octanol–water partition coefficient (Wildman–Crippen LogP) is 2.19. The Balaban J connectivity index is 2.59. The molecule has 4 nitrogen and oxygen atoms in total. The van der Waals surface area contributed by atoms with Crippen molar-refractivity contribution in [3.05, 3.63) is 18.2 Å². The van der Waals surface area contributed by atoms with Crippen molar-refractivity contribution in [2.45, 2.75) is 39.7 Å². The average molecular weight is 252 g/mol. The van der Waals surface area contributed by atoms with Gasteiger partial charge in [0, 0.05) is 26.0 Å². The summed E-state index contributed by atoms with van der Waals surface area (Å²) in [5, 5.41) is 3.61. The van der Waals surface area contributed by atoms with Gasteiger partial charge >= 0.3 is 0 Å². The van der Waals surface area contributed by atoms with Crippen LogP contribution in [-0.4, -0.2) is 40.6 Å². The minimum atomic E-state index is 0.366. The van der Waals surface area contributed by atoms with Gasteiger partial charge in [-0.05, 0) is 32.5 Å². The third-order valence-corrected chi connectivity index (χ3v) is 3.44. The third-order valence-electron chi connectivity index (χ3n) is 3.44. The maximum Gasteiger partial charge on any atom is 0.125 e. The molecular formula is C14H28N4. The Labute approximate surface area is 111 Å². The molecule has 1 heterocycles. The van der Waals surface area contributed by atoms with Crippen LogP contribution in [0.5, 0.6) is 0 Å². The highest BCUT2D eigenvalue weighted by atomic mass is 15.1. The summed E-state index contributed by atoms with van der Waals surface area (Å²) < 4.78 is 2.12. The Morgan fingerprint density at radius 2 is 2.06 bits per heavy atom. The van der Waals surface area contributed by atoms with E-state index in [1.807, 2.05) is 12.4 Å². The molecule has 0 aliphatic carbocycles. The summed E-state index contributed by atoms with van der Waals surface area (Å²) in [6, 6.07) is 0.366. The second-order valence-corrected chi connectivity index (χ2v) is 4.72. The second-order valence-electron chi connectivity index (χ2n) is 4.72. The summed E-state index contributed by atoms with van der Waals surface area (Å²) in [6.45, 7) is 11.1. The number of aryl methyl sites for hydroxylation is 1. The fourth-order valence-corrected chi connectivity index (χ4v) is 2.21. The maximum absolute atomic E-state index is 4.48. The van der Waals surface area contributed by atoms with Gasteiger partial charge in [-0.2, -0.15) is 0 Å². The molecule has 0 radical (unpaired) electrons. The highest BCUT2D eigenvalue weighted by Crippen LogP contribution is 2.14. The van der Waals surface area contributed by atoms with Crippen molar-refractivity contribution in [2.24, 2.45) is 7.05 Å². The zero-order chi connectivity index (χ0) is 13.4. The maximum atomic E-state index is 4.48. The smallest absolute Gasteiger partial charge is 0.125 e. The number of rotatable bonds is 9. The molecule has 0 saturated heterocycles. The number of imidazole rings is 1. The van der Waals surface area contributed by atoms with Crippen LogP contribution in [0.2, 0.25) is 0 Å². The van der Waals surface area contributed by atoms with Gasteiger partial charge in [-0.15, -0.1) is 0 Å². The molecule has 1 aromatic rings. The van der Waals surface area contributed by atoms with Gasteiger partial charge in [-0.1, -0.05) is 20.8 Å². The summed E-state index contributed by atoms with van der Waals surface area (Å²) in [7, 11) is 2.07. The zero-order valence-electron chi connectivity index (χ0n) is 12.3. The van der Waals surface area contributed by atoms with Gasteiger partial charge in [-0.3, -0.25) is 0 Å². The van der Waals surface area contributed by atoms with Gasteiger partial charge in [0.1, 0.15) is 5.82 Å². The first kappa shape index (κ1) is 15.2. The Hall–Kier alpha value is -0.870. The molecule has 1 N–H and O–H groups in total. The van der Waals surface area contributed by atoms with E-state index in [1.165, 1.54) is 0 Å². The lowest BCUT2D eigenvalue weighted by Crippen LogP contribution is -2.31. The van der Waals surface area contributed by atoms with E-state index in [1.54, 1.807) is 0 Å². The molecular weight excluding hydrogens is 224 g/mol. The van der Waals surface area contributed by atoms with Crippen molar-refractivity contribution in [1.82, 2.24) is 19.8 Å². The van der Waals surface area contributed by atoms with Crippen molar-refractivity contribution in [2.75, 3.05) is 26.2 Å². The Kier molecular flexibility index (Phi) is 6.98. The molecule has 1 aromatic heterocycles. The number of hydrogen-bond donors (Lipinski definition) is 1. The summed E-state index contributed by atoms with van der Waals surface area (Å²) >= 11 is 0. The zero-order valence-corrected chi connectivity index (χ0v) is 12.3. The van der Waals surface area contributed by atoms with Gasteiger partial charge in [0.05, 0.1) is 6.04 Å². The molecule has 0 fully saturated rings. The van der Waals surface area contributed by atoms with Crippen LogP contribution >= 0.6 is 0 Å². The quantitative estimate of drug-likeness (QED) is 0.731. The number of nitrogens with one attached hydrogen (secondary N) is 1. The summed E-state index contributed by atoms with van der Waals surface area (Å²) in [6.07, 6.45) is 6.18. The van der Waals surface area contributed by atoms with Crippen LogP contribution in [0.25, 0.3) is 0 Å². The van der Waals surface area contributed by atoms with Crippen molar-refractivity contribution in [3.8, 4) is 0 Å². The first-order chi connectivity index (χ1) is 8.72. The van der Waals surface area contributed by atoms with E-state index in [9.17, 15) is 0 Å². The van der Waals surface area contributed by atoms with Gasteiger partial charge < -0.3 is 14.8 Å². The number of nitrogens with zero attached hydrogens (tertiary/aromatic N) is 3. The van der Waals surface area contributed by atoms with Gasteiger partial charge in [0.2, 0.25) is 0 Å². The van der Waals surface area contributed by atoms with Crippen LogP contribution in [0.3, 0.4) is 0 Å². The number of aromatic nitrogens is 2. The average Bonchev–Trinajstić information content (AvgIpc) is 2.80. The molecule has 0 spiro atoms. The lowest BCUT2D eigenvalue weighted by atomic mass is 10.1. The Morgan fingerprint density at radius 3 is 2.56 bits per heavy atom. The topological polar surface area (TPSA) is 33.1 Å². The molecule has 0 amide bonds. The SMILES string of the molecule is CCCNC(CCN(CC)CC)c1nccn1C. The molecule has 0 aliphatic heterocycles. The monoisotopic (exact) mass is 252 g/mol. The van der Waals surface area contributed by atoms with Gasteiger partial charge in [0.15, 0.2) is 0 Å². The van der Waals surface area contributed by atoms with E-state index in [0.29, 0.717) is 6.04 Å². The van der Waals surface area contributed by atoms with Crippen molar-refractivity contribution >= 4 is 0 Å². The van der Waals surface area contributed by atoms with Crippen LogP contribution in [0.15, 0.2) is 12.4 Å². The predicted molar refractivity (Wildman–Crippen MR) is 76.6 cm³/mol. The minimum Gasteiger partial charge on any atom is -0.337 e. The van der Waals surface area contributed by atoms with E-state index in [2.05, 4.69) is 47.6 Å². The van der Waals surface area contributed by atoms with E-state index >= 15 is 0 Å². The summed E-state index contributed by atoms with van der Waals surface area (Å²) in [4.78, 5) is 6.94. The summed E-state index contributed by atoms with van der Waals surface area (Å²) in [5.41, 5.74) is 0. The molecule has 0 saturated carbocycles. The van der Waals surface area contributed by atoms with Crippen LogP contribution in [0, 0.1) is 0 Å². The van der Waals surface area contributed by atoms with E-state index in [-0.39, 0.29) is 0 Å². The third kappa shape index (κ3) is 4.42. The standard InChI is InChI=1S/C14H28N4/c1-5-9-15-13(8-11-18(6-2)7-3)14-16-10-12-17(14)4/h10,12-13,15H,5-9,11H2,1-4H3. The molecule has 1 unspecified atom stereocenters. The molecule has 1 rings (SSSR count). The fraction of sp³-hybridized carbons (Fsp3) is 0.786. The van der Waals surface area contributed by atoms with Crippen LogP contribution in [0.4, 0.5) is 0 Å². The van der Waals surface area contributed by atoms with Crippen LogP contribution in [0.1, 0.15) is 45.5 Å². The minimum absolute atomic E-state index is 0.366. The van der Waals surface area contributed by atoms with E-state index in [4.69, 9.17) is 0 Å². The lowest BCUT2D eigenvalue weighted by Gasteiger charge is -2.23.